The quantitative estimate of drug-likeness (QED) is 0.805. The summed E-state index contributed by atoms with van der Waals surface area (Å²) in [6, 6.07) is 1.75. The van der Waals surface area contributed by atoms with Crippen molar-refractivity contribution >= 4 is 5.91 Å². The summed E-state index contributed by atoms with van der Waals surface area (Å²) in [5, 5.41) is 13.8. The van der Waals surface area contributed by atoms with Crippen molar-refractivity contribution < 1.29 is 4.79 Å². The first-order chi connectivity index (χ1) is 9.19. The van der Waals surface area contributed by atoms with E-state index in [0.29, 0.717) is 12.2 Å². The Kier molecular flexibility index (Phi) is 4.27. The van der Waals surface area contributed by atoms with Gasteiger partial charge >= 0.3 is 0 Å². The maximum atomic E-state index is 12.0. The predicted octanol–water partition coefficient (Wildman–Crippen LogP) is 0.772. The maximum absolute atomic E-state index is 12.0. The molecule has 2 aromatic rings. The number of H-pyrrole nitrogens is 1. The standard InChI is InChI=1S/C12H18N6O/c1-3-4-10-5-11(17-16-10)12(19)15-9(2)6-18-8-13-7-14-18/h5,7-9H,3-4,6H2,1-2H3,(H,15,19)(H,16,17). The van der Waals surface area contributed by atoms with E-state index in [1.165, 1.54) is 6.33 Å². The Bertz CT molecular complexity index is 518. The fraction of sp³-hybridized carbons (Fsp3) is 0.500. The maximum Gasteiger partial charge on any atom is 0.272 e. The van der Waals surface area contributed by atoms with E-state index < -0.39 is 0 Å². The zero-order valence-electron chi connectivity index (χ0n) is 11.1. The molecule has 102 valence electrons. The molecule has 1 unspecified atom stereocenters. The average molecular weight is 262 g/mol. The molecule has 0 aliphatic heterocycles. The van der Waals surface area contributed by atoms with E-state index in [1.54, 1.807) is 17.1 Å². The van der Waals surface area contributed by atoms with E-state index in [9.17, 15) is 4.79 Å². The highest BCUT2D eigenvalue weighted by Gasteiger charge is 2.13. The van der Waals surface area contributed by atoms with Crippen LogP contribution in [0.3, 0.4) is 0 Å². The number of aromatic amines is 1. The van der Waals surface area contributed by atoms with E-state index in [-0.39, 0.29) is 11.9 Å². The van der Waals surface area contributed by atoms with Crippen LogP contribution in [0.5, 0.6) is 0 Å². The molecule has 2 rings (SSSR count). The predicted molar refractivity (Wildman–Crippen MR) is 69.5 cm³/mol. The molecule has 0 saturated heterocycles. The lowest BCUT2D eigenvalue weighted by atomic mass is 10.2. The SMILES string of the molecule is CCCc1cc(C(=O)NC(C)Cn2cncn2)n[nH]1. The Balaban J connectivity index is 1.88. The van der Waals surface area contributed by atoms with Crippen molar-refractivity contribution in [3.05, 3.63) is 30.1 Å². The molecular formula is C12H18N6O. The van der Waals surface area contributed by atoms with E-state index in [2.05, 4.69) is 32.5 Å². The molecule has 2 heterocycles. The normalized spacial score (nSPS) is 12.3. The summed E-state index contributed by atoms with van der Waals surface area (Å²) in [4.78, 5) is 15.8. The lowest BCUT2D eigenvalue weighted by molar-refractivity contribution is 0.0931. The fourth-order valence-corrected chi connectivity index (χ4v) is 1.83. The van der Waals surface area contributed by atoms with E-state index >= 15 is 0 Å². The molecule has 1 atom stereocenters. The van der Waals surface area contributed by atoms with Crippen LogP contribution in [0, 0.1) is 0 Å². The Morgan fingerprint density at radius 3 is 3.11 bits per heavy atom. The highest BCUT2D eigenvalue weighted by molar-refractivity contribution is 5.92. The lowest BCUT2D eigenvalue weighted by Crippen LogP contribution is -2.36. The summed E-state index contributed by atoms with van der Waals surface area (Å²) >= 11 is 0. The summed E-state index contributed by atoms with van der Waals surface area (Å²) < 4.78 is 1.68. The van der Waals surface area contributed by atoms with E-state index in [0.717, 1.165) is 18.5 Å². The summed E-state index contributed by atoms with van der Waals surface area (Å²) in [7, 11) is 0. The van der Waals surface area contributed by atoms with Gasteiger partial charge in [0.1, 0.15) is 18.3 Å². The molecule has 1 amide bonds. The first-order valence-corrected chi connectivity index (χ1v) is 6.36. The molecule has 0 spiro atoms. The minimum absolute atomic E-state index is 0.0412. The van der Waals surface area contributed by atoms with Gasteiger partial charge in [0.05, 0.1) is 6.54 Å². The number of hydrogen-bond acceptors (Lipinski definition) is 4. The highest BCUT2D eigenvalue weighted by Crippen LogP contribution is 2.03. The van der Waals surface area contributed by atoms with Crippen molar-refractivity contribution in [1.29, 1.82) is 0 Å². The van der Waals surface area contributed by atoms with Crippen molar-refractivity contribution in [2.75, 3.05) is 0 Å². The largest absolute Gasteiger partial charge is 0.346 e. The number of aromatic nitrogens is 5. The van der Waals surface area contributed by atoms with Crippen LogP contribution in [-0.4, -0.2) is 36.9 Å². The van der Waals surface area contributed by atoms with E-state index in [4.69, 9.17) is 0 Å². The molecule has 7 heteroatoms. The zero-order chi connectivity index (χ0) is 13.7. The van der Waals surface area contributed by atoms with Gasteiger partial charge in [0.15, 0.2) is 0 Å². The van der Waals surface area contributed by atoms with Gasteiger partial charge in [-0.15, -0.1) is 0 Å². The van der Waals surface area contributed by atoms with Gasteiger partial charge in [-0.1, -0.05) is 13.3 Å². The molecule has 0 saturated carbocycles. The van der Waals surface area contributed by atoms with Gasteiger partial charge in [-0.05, 0) is 19.4 Å². The third-order valence-electron chi connectivity index (χ3n) is 2.69. The van der Waals surface area contributed by atoms with Crippen molar-refractivity contribution in [3.63, 3.8) is 0 Å². The molecule has 2 N–H and O–H groups in total. The van der Waals surface area contributed by atoms with Crippen LogP contribution in [0.4, 0.5) is 0 Å². The first kappa shape index (κ1) is 13.3. The number of amides is 1. The van der Waals surface area contributed by atoms with Crippen LogP contribution >= 0.6 is 0 Å². The second-order valence-electron chi connectivity index (χ2n) is 4.52. The molecule has 0 bridgehead atoms. The third-order valence-corrected chi connectivity index (χ3v) is 2.69. The van der Waals surface area contributed by atoms with Gasteiger partial charge in [0.2, 0.25) is 0 Å². The van der Waals surface area contributed by atoms with Crippen molar-refractivity contribution in [2.45, 2.75) is 39.3 Å². The zero-order valence-corrected chi connectivity index (χ0v) is 11.1. The van der Waals surface area contributed by atoms with Crippen LogP contribution in [-0.2, 0) is 13.0 Å². The van der Waals surface area contributed by atoms with Crippen molar-refractivity contribution in [1.82, 2.24) is 30.3 Å². The Morgan fingerprint density at radius 2 is 2.42 bits per heavy atom. The average Bonchev–Trinajstić information content (AvgIpc) is 3.00. The summed E-state index contributed by atoms with van der Waals surface area (Å²) in [5.74, 6) is -0.175. The first-order valence-electron chi connectivity index (χ1n) is 6.36. The molecule has 0 aromatic carbocycles. The minimum Gasteiger partial charge on any atom is -0.346 e. The molecular weight excluding hydrogens is 244 g/mol. The molecule has 0 aliphatic rings. The number of carbonyl (C=O) groups excluding carboxylic acids is 1. The van der Waals surface area contributed by atoms with Gasteiger partial charge in [-0.25, -0.2) is 4.98 Å². The second-order valence-corrected chi connectivity index (χ2v) is 4.52. The van der Waals surface area contributed by atoms with Gasteiger partial charge in [0, 0.05) is 11.7 Å². The van der Waals surface area contributed by atoms with Gasteiger partial charge in [-0.3, -0.25) is 14.6 Å². The van der Waals surface area contributed by atoms with Gasteiger partial charge < -0.3 is 5.32 Å². The van der Waals surface area contributed by atoms with Crippen molar-refractivity contribution in [2.24, 2.45) is 0 Å². The van der Waals surface area contributed by atoms with Crippen LogP contribution in [0.2, 0.25) is 0 Å². The molecule has 19 heavy (non-hydrogen) atoms. The summed E-state index contributed by atoms with van der Waals surface area (Å²) in [6.45, 7) is 4.58. The molecule has 7 nitrogen and oxygen atoms in total. The Labute approximate surface area is 111 Å². The monoisotopic (exact) mass is 262 g/mol. The Hall–Kier alpha value is -2.18. The third kappa shape index (κ3) is 3.64. The van der Waals surface area contributed by atoms with E-state index in [1.807, 2.05) is 6.92 Å². The fourth-order valence-electron chi connectivity index (χ4n) is 1.83. The molecule has 2 aromatic heterocycles. The van der Waals surface area contributed by atoms with Crippen molar-refractivity contribution in [3.8, 4) is 0 Å². The van der Waals surface area contributed by atoms with Gasteiger partial charge in [-0.2, -0.15) is 10.2 Å². The summed E-state index contributed by atoms with van der Waals surface area (Å²) in [5.41, 5.74) is 1.41. The molecule has 0 aliphatic carbocycles. The number of rotatable bonds is 6. The molecule has 0 radical (unpaired) electrons. The number of hydrogen-bond donors (Lipinski definition) is 2. The van der Waals surface area contributed by atoms with Crippen LogP contribution in [0.25, 0.3) is 0 Å². The minimum atomic E-state index is -0.175. The number of nitrogens with one attached hydrogen (secondary N) is 2. The van der Waals surface area contributed by atoms with Crippen LogP contribution in [0.1, 0.15) is 36.5 Å². The number of aryl methyl sites for hydroxylation is 1. The summed E-state index contributed by atoms with van der Waals surface area (Å²) in [6.07, 6.45) is 5.01. The number of carbonyl (C=O) groups is 1. The lowest BCUT2D eigenvalue weighted by Gasteiger charge is -2.12. The topological polar surface area (TPSA) is 88.5 Å². The number of nitrogens with zero attached hydrogens (tertiary/aromatic N) is 4. The smallest absolute Gasteiger partial charge is 0.272 e. The van der Waals surface area contributed by atoms with Crippen LogP contribution < -0.4 is 5.32 Å². The van der Waals surface area contributed by atoms with Gasteiger partial charge in [0.25, 0.3) is 5.91 Å². The second kappa shape index (κ2) is 6.12. The highest BCUT2D eigenvalue weighted by atomic mass is 16.2. The molecule has 0 fully saturated rings. The van der Waals surface area contributed by atoms with Crippen LogP contribution in [0.15, 0.2) is 18.7 Å². The Morgan fingerprint density at radius 1 is 1.58 bits per heavy atom.